The second-order valence-electron chi connectivity index (χ2n) is 4.87. The summed E-state index contributed by atoms with van der Waals surface area (Å²) in [5.74, 6) is -0.707. The molecule has 0 radical (unpaired) electrons. The fraction of sp³-hybridized carbons (Fsp3) is 0.312. The summed E-state index contributed by atoms with van der Waals surface area (Å²) in [7, 11) is 1.77. The number of nitrogens with zero attached hydrogens (tertiary/aromatic N) is 2. The Labute approximate surface area is 132 Å². The third kappa shape index (κ3) is 3.33. The number of benzene rings is 1. The molecule has 0 bridgehead atoms. The number of esters is 1. The Balaban J connectivity index is 2.42. The number of rotatable bonds is 3. The van der Waals surface area contributed by atoms with Crippen molar-refractivity contribution in [2.24, 2.45) is 12.0 Å². The predicted octanol–water partition coefficient (Wildman–Crippen LogP) is 2.62. The zero-order chi connectivity index (χ0) is 16.3. The Morgan fingerprint density at radius 3 is 2.68 bits per heavy atom. The van der Waals surface area contributed by atoms with E-state index in [0.29, 0.717) is 21.8 Å². The maximum atomic E-state index is 12.2. The second-order valence-corrected chi connectivity index (χ2v) is 5.84. The van der Waals surface area contributed by atoms with Crippen molar-refractivity contribution in [3.63, 3.8) is 0 Å². The third-order valence-electron chi connectivity index (χ3n) is 3.24. The summed E-state index contributed by atoms with van der Waals surface area (Å²) in [6.45, 7) is 5.80. The van der Waals surface area contributed by atoms with Crippen molar-refractivity contribution in [2.45, 2.75) is 20.8 Å². The Hall–Kier alpha value is -2.21. The van der Waals surface area contributed by atoms with Crippen LogP contribution in [-0.2, 0) is 11.8 Å². The number of thiazole rings is 1. The molecule has 0 fully saturated rings. The lowest BCUT2D eigenvalue weighted by atomic mass is 10.1. The summed E-state index contributed by atoms with van der Waals surface area (Å²) >= 11 is 1.16. The molecule has 1 heterocycles. The highest BCUT2D eigenvalue weighted by atomic mass is 32.1. The molecule has 116 valence electrons. The van der Waals surface area contributed by atoms with E-state index in [-0.39, 0.29) is 11.9 Å². The zero-order valence-electron chi connectivity index (χ0n) is 13.0. The van der Waals surface area contributed by atoms with Crippen LogP contribution in [0.25, 0.3) is 0 Å². The van der Waals surface area contributed by atoms with Crippen LogP contribution >= 0.6 is 11.3 Å². The molecule has 0 atom stereocenters. The van der Waals surface area contributed by atoms with Gasteiger partial charge in [-0.2, -0.15) is 4.99 Å². The van der Waals surface area contributed by atoms with Crippen LogP contribution in [0.4, 0.5) is 0 Å². The van der Waals surface area contributed by atoms with Crippen molar-refractivity contribution in [1.29, 1.82) is 0 Å². The quantitative estimate of drug-likeness (QED) is 0.817. The Morgan fingerprint density at radius 1 is 1.32 bits per heavy atom. The zero-order valence-corrected chi connectivity index (χ0v) is 13.9. The van der Waals surface area contributed by atoms with Crippen LogP contribution in [0.2, 0.25) is 0 Å². The van der Waals surface area contributed by atoms with Gasteiger partial charge in [0.1, 0.15) is 4.88 Å². The first-order valence-corrected chi connectivity index (χ1v) is 7.75. The monoisotopic (exact) mass is 318 g/mol. The molecule has 0 aliphatic heterocycles. The normalized spacial score (nSPS) is 11.5. The molecule has 2 rings (SSSR count). The molecular weight excluding hydrogens is 300 g/mol. The van der Waals surface area contributed by atoms with E-state index < -0.39 is 0 Å². The SMILES string of the molecule is CCOC(=O)c1sc(=NC(=O)c2cccc(C)c2)n(C)c1C. The van der Waals surface area contributed by atoms with Crippen molar-refractivity contribution in [2.75, 3.05) is 6.61 Å². The third-order valence-corrected chi connectivity index (χ3v) is 4.45. The van der Waals surface area contributed by atoms with E-state index in [1.54, 1.807) is 37.6 Å². The molecule has 1 amide bonds. The van der Waals surface area contributed by atoms with Gasteiger partial charge in [0.25, 0.3) is 5.91 Å². The lowest BCUT2D eigenvalue weighted by Crippen LogP contribution is -2.14. The van der Waals surface area contributed by atoms with Gasteiger partial charge in [-0.25, -0.2) is 4.79 Å². The minimum absolute atomic E-state index is 0.314. The van der Waals surface area contributed by atoms with Crippen molar-refractivity contribution in [3.8, 4) is 0 Å². The fourth-order valence-electron chi connectivity index (χ4n) is 1.94. The van der Waals surface area contributed by atoms with Gasteiger partial charge >= 0.3 is 5.97 Å². The predicted molar refractivity (Wildman–Crippen MR) is 85.1 cm³/mol. The smallest absolute Gasteiger partial charge is 0.350 e. The van der Waals surface area contributed by atoms with Crippen LogP contribution in [0.5, 0.6) is 0 Å². The Bertz CT molecular complexity index is 787. The fourth-order valence-corrected chi connectivity index (χ4v) is 2.95. The number of ether oxygens (including phenoxy) is 1. The summed E-state index contributed by atoms with van der Waals surface area (Å²) in [4.78, 5) is 29.2. The van der Waals surface area contributed by atoms with Gasteiger partial charge < -0.3 is 9.30 Å². The van der Waals surface area contributed by atoms with Crippen molar-refractivity contribution >= 4 is 23.2 Å². The molecule has 0 aliphatic carbocycles. The summed E-state index contributed by atoms with van der Waals surface area (Å²) in [6, 6.07) is 7.26. The van der Waals surface area contributed by atoms with Gasteiger partial charge in [-0.3, -0.25) is 4.79 Å². The standard InChI is InChI=1S/C16H18N2O3S/c1-5-21-15(20)13-11(3)18(4)16(22-13)17-14(19)12-8-6-7-10(2)9-12/h6-9H,5H2,1-4H3. The van der Waals surface area contributed by atoms with Crippen molar-refractivity contribution in [1.82, 2.24) is 4.57 Å². The molecule has 0 saturated carbocycles. The maximum absolute atomic E-state index is 12.2. The number of aromatic nitrogens is 1. The molecule has 5 nitrogen and oxygen atoms in total. The Kier molecular flexibility index (Phi) is 4.92. The van der Waals surface area contributed by atoms with Gasteiger partial charge in [0, 0.05) is 18.3 Å². The maximum Gasteiger partial charge on any atom is 0.350 e. The highest BCUT2D eigenvalue weighted by Crippen LogP contribution is 2.13. The Morgan fingerprint density at radius 2 is 2.05 bits per heavy atom. The lowest BCUT2D eigenvalue weighted by Gasteiger charge is -2.00. The minimum Gasteiger partial charge on any atom is -0.462 e. The van der Waals surface area contributed by atoms with Crippen LogP contribution < -0.4 is 4.80 Å². The van der Waals surface area contributed by atoms with Gasteiger partial charge in [0.15, 0.2) is 4.80 Å². The average molecular weight is 318 g/mol. The molecule has 1 aromatic carbocycles. The molecule has 22 heavy (non-hydrogen) atoms. The highest BCUT2D eigenvalue weighted by Gasteiger charge is 2.16. The molecule has 6 heteroatoms. The summed E-state index contributed by atoms with van der Waals surface area (Å²) in [6.07, 6.45) is 0. The highest BCUT2D eigenvalue weighted by molar-refractivity contribution is 7.11. The van der Waals surface area contributed by atoms with E-state index in [1.165, 1.54) is 0 Å². The van der Waals surface area contributed by atoms with Crippen LogP contribution in [0.3, 0.4) is 0 Å². The largest absolute Gasteiger partial charge is 0.462 e. The number of hydrogen-bond acceptors (Lipinski definition) is 4. The van der Waals surface area contributed by atoms with Crippen LogP contribution in [0.1, 0.15) is 38.2 Å². The van der Waals surface area contributed by atoms with E-state index in [2.05, 4.69) is 4.99 Å². The number of hydrogen-bond donors (Lipinski definition) is 0. The summed E-state index contributed by atoms with van der Waals surface area (Å²) in [5, 5.41) is 0. The van der Waals surface area contributed by atoms with Crippen molar-refractivity contribution < 1.29 is 14.3 Å². The molecule has 0 aliphatic rings. The lowest BCUT2D eigenvalue weighted by molar-refractivity contribution is 0.0530. The first-order valence-electron chi connectivity index (χ1n) is 6.93. The second kappa shape index (κ2) is 6.70. The molecule has 0 N–H and O–H groups in total. The number of carbonyl (C=O) groups is 2. The summed E-state index contributed by atoms with van der Waals surface area (Å²) in [5.41, 5.74) is 2.27. The van der Waals surface area contributed by atoms with E-state index in [1.807, 2.05) is 19.1 Å². The first kappa shape index (κ1) is 16.2. The van der Waals surface area contributed by atoms with E-state index in [9.17, 15) is 9.59 Å². The number of amides is 1. The topological polar surface area (TPSA) is 60.7 Å². The average Bonchev–Trinajstić information content (AvgIpc) is 2.76. The van der Waals surface area contributed by atoms with Gasteiger partial charge in [-0.15, -0.1) is 0 Å². The number of aryl methyl sites for hydroxylation is 1. The van der Waals surface area contributed by atoms with Gasteiger partial charge in [0.05, 0.1) is 6.61 Å². The van der Waals surface area contributed by atoms with Crippen molar-refractivity contribution in [3.05, 3.63) is 50.8 Å². The molecule has 2 aromatic rings. The van der Waals surface area contributed by atoms with E-state index in [4.69, 9.17) is 4.74 Å². The van der Waals surface area contributed by atoms with Crippen LogP contribution in [0, 0.1) is 13.8 Å². The van der Waals surface area contributed by atoms with Gasteiger partial charge in [-0.1, -0.05) is 29.0 Å². The number of carbonyl (C=O) groups excluding carboxylic acids is 2. The van der Waals surface area contributed by atoms with E-state index in [0.717, 1.165) is 22.6 Å². The van der Waals surface area contributed by atoms with E-state index >= 15 is 0 Å². The molecular formula is C16H18N2O3S. The molecule has 0 unspecified atom stereocenters. The van der Waals surface area contributed by atoms with Gasteiger partial charge in [-0.05, 0) is 32.9 Å². The van der Waals surface area contributed by atoms with Gasteiger partial charge in [0.2, 0.25) is 0 Å². The molecule has 1 aromatic heterocycles. The summed E-state index contributed by atoms with van der Waals surface area (Å²) < 4.78 is 6.74. The first-order chi connectivity index (χ1) is 10.4. The molecule has 0 saturated heterocycles. The molecule has 0 spiro atoms. The van der Waals surface area contributed by atoms with Crippen LogP contribution in [0.15, 0.2) is 29.3 Å². The minimum atomic E-state index is -0.384. The van der Waals surface area contributed by atoms with Crippen LogP contribution in [-0.4, -0.2) is 23.1 Å².